The molecule has 1 fully saturated rings. The minimum absolute atomic E-state index is 0.116. The number of aromatic nitrogens is 4. The Bertz CT molecular complexity index is 1120. The van der Waals surface area contributed by atoms with Crippen LogP contribution in [-0.2, 0) is 21.3 Å². The molecule has 2 N–H and O–H groups in total. The number of hydrogen-bond acceptors (Lipinski definition) is 7. The molecule has 32 heavy (non-hydrogen) atoms. The van der Waals surface area contributed by atoms with Crippen molar-refractivity contribution in [2.45, 2.75) is 49.0 Å². The van der Waals surface area contributed by atoms with E-state index in [-0.39, 0.29) is 17.6 Å². The molecule has 3 atom stereocenters. The maximum absolute atomic E-state index is 12.7. The Balaban J connectivity index is 1.33. The zero-order valence-corrected chi connectivity index (χ0v) is 18.8. The predicted molar refractivity (Wildman–Crippen MR) is 118 cm³/mol. The fourth-order valence-electron chi connectivity index (χ4n) is 3.69. The third kappa shape index (κ3) is 5.51. The average Bonchev–Trinajstić information content (AvgIpc) is 3.28. The molecule has 0 bridgehead atoms. The molecule has 1 aliphatic rings. The maximum atomic E-state index is 12.7. The van der Waals surface area contributed by atoms with Gasteiger partial charge in [-0.25, -0.2) is 13.1 Å². The van der Waals surface area contributed by atoms with Crippen LogP contribution in [0.5, 0.6) is 0 Å². The Hall–Kier alpha value is -2.37. The summed E-state index contributed by atoms with van der Waals surface area (Å²) in [6, 6.07) is 9.19. The summed E-state index contributed by atoms with van der Waals surface area (Å²) in [5.74, 6) is 0. The molecule has 1 aliphatic heterocycles. The van der Waals surface area contributed by atoms with Crippen molar-refractivity contribution in [2.75, 3.05) is 6.61 Å². The number of hydrogen-bond donors (Lipinski definition) is 2. The number of nitrogens with one attached hydrogen (secondary N) is 1. The van der Waals surface area contributed by atoms with Crippen LogP contribution < -0.4 is 4.72 Å². The van der Waals surface area contributed by atoms with Crippen LogP contribution in [0.1, 0.15) is 19.3 Å². The molecule has 2 aromatic heterocycles. The third-order valence-corrected chi connectivity index (χ3v) is 7.16. The molecule has 9 nitrogen and oxygen atoms in total. The van der Waals surface area contributed by atoms with Crippen LogP contribution in [0, 0.1) is 0 Å². The Morgan fingerprint density at radius 2 is 2.03 bits per heavy atom. The van der Waals surface area contributed by atoms with E-state index in [0.717, 1.165) is 11.3 Å². The van der Waals surface area contributed by atoms with Gasteiger partial charge in [-0.2, -0.15) is 0 Å². The molecule has 4 rings (SSSR count). The highest BCUT2D eigenvalue weighted by Crippen LogP contribution is 2.24. The van der Waals surface area contributed by atoms with Gasteiger partial charge in [0, 0.05) is 29.5 Å². The van der Waals surface area contributed by atoms with E-state index in [0.29, 0.717) is 30.8 Å². The SMILES string of the molecule is O=S(=O)(N[C@@H]1CC[C@H](CCn2cc(-c3cccnc3)nn2)O[C@@H]1CO)c1ccc(Cl)cc1. The van der Waals surface area contributed by atoms with E-state index in [1.54, 1.807) is 17.1 Å². The van der Waals surface area contributed by atoms with Gasteiger partial charge in [-0.05, 0) is 55.7 Å². The van der Waals surface area contributed by atoms with E-state index < -0.39 is 22.2 Å². The molecule has 11 heteroatoms. The van der Waals surface area contributed by atoms with E-state index in [4.69, 9.17) is 16.3 Å². The van der Waals surface area contributed by atoms with Crippen LogP contribution in [0.25, 0.3) is 11.3 Å². The lowest BCUT2D eigenvalue weighted by molar-refractivity contribution is -0.0891. The number of rotatable bonds is 8. The van der Waals surface area contributed by atoms with Crippen molar-refractivity contribution in [2.24, 2.45) is 0 Å². The summed E-state index contributed by atoms with van der Waals surface area (Å²) in [7, 11) is -3.74. The summed E-state index contributed by atoms with van der Waals surface area (Å²) in [5.41, 5.74) is 1.64. The largest absolute Gasteiger partial charge is 0.394 e. The fourth-order valence-corrected chi connectivity index (χ4v) is 5.12. The van der Waals surface area contributed by atoms with Gasteiger partial charge in [0.05, 0.1) is 35.9 Å². The van der Waals surface area contributed by atoms with Crippen LogP contribution in [-0.4, -0.2) is 58.4 Å². The summed E-state index contributed by atoms with van der Waals surface area (Å²) < 4.78 is 35.7. The number of nitrogens with zero attached hydrogens (tertiary/aromatic N) is 4. The third-order valence-electron chi connectivity index (χ3n) is 5.40. The number of aryl methyl sites for hydroxylation is 1. The van der Waals surface area contributed by atoms with Gasteiger partial charge in [0.15, 0.2) is 0 Å². The minimum atomic E-state index is -3.74. The molecule has 170 valence electrons. The predicted octanol–water partition coefficient (Wildman–Crippen LogP) is 2.27. The van der Waals surface area contributed by atoms with E-state index >= 15 is 0 Å². The number of benzene rings is 1. The van der Waals surface area contributed by atoms with Crippen LogP contribution in [0.2, 0.25) is 5.02 Å². The summed E-state index contributed by atoms with van der Waals surface area (Å²) in [4.78, 5) is 4.21. The lowest BCUT2D eigenvalue weighted by atomic mass is 9.98. The van der Waals surface area contributed by atoms with Gasteiger partial charge in [-0.3, -0.25) is 9.67 Å². The Kier molecular flexibility index (Phi) is 7.17. The summed E-state index contributed by atoms with van der Waals surface area (Å²) in [6.07, 6.45) is 6.43. The van der Waals surface area contributed by atoms with Gasteiger partial charge in [0.25, 0.3) is 0 Å². The van der Waals surface area contributed by atoms with Gasteiger partial charge >= 0.3 is 0 Å². The number of ether oxygens (including phenoxy) is 1. The van der Waals surface area contributed by atoms with Crippen LogP contribution in [0.15, 0.2) is 59.9 Å². The molecule has 0 unspecified atom stereocenters. The van der Waals surface area contributed by atoms with Crippen LogP contribution >= 0.6 is 11.6 Å². The topological polar surface area (TPSA) is 119 Å². The number of aliphatic hydroxyl groups excluding tert-OH is 1. The van der Waals surface area contributed by atoms with E-state index in [1.807, 2.05) is 18.3 Å². The molecule has 0 saturated carbocycles. The van der Waals surface area contributed by atoms with Gasteiger partial charge in [-0.15, -0.1) is 5.10 Å². The summed E-state index contributed by atoms with van der Waals surface area (Å²) in [6.45, 7) is 0.316. The Labute approximate surface area is 191 Å². The van der Waals surface area contributed by atoms with E-state index in [9.17, 15) is 13.5 Å². The standard InChI is InChI=1S/C21H24ClN5O4S/c22-16-3-6-18(7-4-16)32(29,30)25-19-8-5-17(31-21(19)14-28)9-11-27-13-20(24-26-27)15-2-1-10-23-12-15/h1-4,6-7,10,12-13,17,19,21,25,28H,5,8-9,11,14H2/t17-,19-,21-/m1/s1. The highest BCUT2D eigenvalue weighted by Gasteiger charge is 2.33. The molecule has 1 aromatic carbocycles. The smallest absolute Gasteiger partial charge is 0.240 e. The van der Waals surface area contributed by atoms with Crippen molar-refractivity contribution >= 4 is 21.6 Å². The van der Waals surface area contributed by atoms with Gasteiger partial charge < -0.3 is 9.84 Å². The first kappa shape index (κ1) is 22.8. The first-order valence-electron chi connectivity index (χ1n) is 10.3. The van der Waals surface area contributed by atoms with Crippen LogP contribution in [0.4, 0.5) is 0 Å². The van der Waals surface area contributed by atoms with Gasteiger partial charge in [0.2, 0.25) is 10.0 Å². The van der Waals surface area contributed by atoms with Crippen molar-refractivity contribution in [3.8, 4) is 11.3 Å². The average molecular weight is 478 g/mol. The van der Waals surface area contributed by atoms with E-state index in [2.05, 4.69) is 20.0 Å². The highest BCUT2D eigenvalue weighted by molar-refractivity contribution is 7.89. The van der Waals surface area contributed by atoms with Crippen LogP contribution in [0.3, 0.4) is 0 Å². The van der Waals surface area contributed by atoms with Crippen molar-refractivity contribution in [1.29, 1.82) is 0 Å². The molecule has 0 amide bonds. The monoisotopic (exact) mass is 477 g/mol. The minimum Gasteiger partial charge on any atom is -0.394 e. The molecule has 0 aliphatic carbocycles. The second-order valence-electron chi connectivity index (χ2n) is 7.64. The number of sulfonamides is 1. The second kappa shape index (κ2) is 10.1. The number of aliphatic hydroxyl groups is 1. The molecular formula is C21H24ClN5O4S. The Morgan fingerprint density at radius 3 is 2.75 bits per heavy atom. The molecule has 3 aromatic rings. The first-order chi connectivity index (χ1) is 15.4. The summed E-state index contributed by atoms with van der Waals surface area (Å²) in [5, 5.41) is 18.6. The Morgan fingerprint density at radius 1 is 1.22 bits per heavy atom. The molecule has 0 spiro atoms. The molecular weight excluding hydrogens is 454 g/mol. The zero-order valence-electron chi connectivity index (χ0n) is 17.2. The van der Waals surface area contributed by atoms with Crippen molar-refractivity contribution in [3.63, 3.8) is 0 Å². The maximum Gasteiger partial charge on any atom is 0.240 e. The van der Waals surface area contributed by atoms with E-state index in [1.165, 1.54) is 24.3 Å². The van der Waals surface area contributed by atoms with Gasteiger partial charge in [-0.1, -0.05) is 16.8 Å². The van der Waals surface area contributed by atoms with Crippen molar-refractivity contribution in [1.82, 2.24) is 24.7 Å². The normalized spacial score (nSPS) is 21.5. The lowest BCUT2D eigenvalue weighted by Crippen LogP contribution is -2.50. The second-order valence-corrected chi connectivity index (χ2v) is 9.79. The first-order valence-corrected chi connectivity index (χ1v) is 12.2. The van der Waals surface area contributed by atoms with Gasteiger partial charge in [0.1, 0.15) is 5.69 Å². The quantitative estimate of drug-likeness (QED) is 0.510. The lowest BCUT2D eigenvalue weighted by Gasteiger charge is -2.36. The molecule has 0 radical (unpaired) electrons. The zero-order chi connectivity index (χ0) is 22.6. The number of halogens is 1. The fraction of sp³-hybridized carbons (Fsp3) is 0.381. The summed E-state index contributed by atoms with van der Waals surface area (Å²) >= 11 is 5.84. The molecule has 3 heterocycles. The van der Waals surface area contributed by atoms with Crippen molar-refractivity contribution in [3.05, 3.63) is 60.0 Å². The molecule has 1 saturated heterocycles. The highest BCUT2D eigenvalue weighted by atomic mass is 35.5. The van der Waals surface area contributed by atoms with Crippen molar-refractivity contribution < 1.29 is 18.3 Å². The number of pyridine rings is 1.